The third-order valence-electron chi connectivity index (χ3n) is 5.93. The van der Waals surface area contributed by atoms with Crippen molar-refractivity contribution in [3.8, 4) is 39.9 Å². The van der Waals surface area contributed by atoms with Crippen molar-refractivity contribution in [1.82, 2.24) is 0 Å². The number of carbonyl (C=O) groups is 1. The molecule has 0 saturated carbocycles. The molecular weight excluding hydrogens is 466 g/mol. The van der Waals surface area contributed by atoms with Crippen molar-refractivity contribution in [2.24, 2.45) is 0 Å². The number of hydrogen-bond acceptors (Lipinski definition) is 8. The van der Waals surface area contributed by atoms with E-state index in [0.717, 1.165) is 5.56 Å². The largest absolute Gasteiger partial charge is 0.493 e. The maximum atomic E-state index is 13.7. The first-order valence-corrected chi connectivity index (χ1v) is 11.0. The van der Waals surface area contributed by atoms with Crippen LogP contribution in [0.3, 0.4) is 0 Å². The van der Waals surface area contributed by atoms with E-state index in [-0.39, 0.29) is 29.2 Å². The van der Waals surface area contributed by atoms with Gasteiger partial charge in [-0.3, -0.25) is 14.9 Å². The average molecular weight is 489 g/mol. The lowest BCUT2D eigenvalue weighted by Crippen LogP contribution is -2.17. The minimum atomic E-state index is -0.535. The smallest absolute Gasteiger partial charge is 0.258 e. The predicted octanol–water partition coefficient (Wildman–Crippen LogP) is 4.78. The Morgan fingerprint density at radius 2 is 1.64 bits per heavy atom. The Morgan fingerprint density at radius 1 is 0.917 bits per heavy atom. The molecule has 0 saturated heterocycles. The van der Waals surface area contributed by atoms with Gasteiger partial charge in [0.2, 0.25) is 23.9 Å². The molecule has 0 aliphatic carbocycles. The van der Waals surface area contributed by atoms with Gasteiger partial charge >= 0.3 is 0 Å². The number of carbonyl (C=O) groups excluding carboxylic acids is 1. The van der Waals surface area contributed by atoms with Gasteiger partial charge in [0.25, 0.3) is 5.91 Å². The number of nitrogens with one attached hydrogen (secondary N) is 1. The number of fused-ring (bicyclic) bond motifs is 2. The summed E-state index contributed by atoms with van der Waals surface area (Å²) in [5.41, 5.74) is 1.76. The lowest BCUT2D eigenvalue weighted by Gasteiger charge is -2.15. The van der Waals surface area contributed by atoms with Gasteiger partial charge in [-0.05, 0) is 48.4 Å². The lowest BCUT2D eigenvalue weighted by molar-refractivity contribution is 0.102. The molecule has 0 spiro atoms. The van der Waals surface area contributed by atoms with Gasteiger partial charge in [0, 0.05) is 5.56 Å². The highest BCUT2D eigenvalue weighted by Crippen LogP contribution is 2.40. The minimum Gasteiger partial charge on any atom is -0.493 e. The second-order valence-electron chi connectivity index (χ2n) is 8.02. The number of methoxy groups -OCH3 is 3. The molecule has 3 aromatic carbocycles. The summed E-state index contributed by atoms with van der Waals surface area (Å²) in [6, 6.07) is 13.4. The molecule has 9 heteroatoms. The standard InChI is InChI=1S/C27H23NO8/c1-14-6-5-7-17-23(29)22(15-8-9-18-19(10-15)35-13-34-18)27(36-24(14)17)28-26(30)16-11-20(31-2)25(33-4)21(12-16)32-3/h5-12H,13H2,1-4H3,(H,28,30). The monoisotopic (exact) mass is 489 g/mol. The first-order chi connectivity index (χ1) is 17.4. The molecule has 1 aliphatic rings. The Labute approximate surface area is 206 Å². The van der Waals surface area contributed by atoms with Crippen LogP contribution in [0.15, 0.2) is 57.7 Å². The van der Waals surface area contributed by atoms with E-state index in [1.54, 1.807) is 30.3 Å². The van der Waals surface area contributed by atoms with Gasteiger partial charge in [0.15, 0.2) is 23.0 Å². The first kappa shape index (κ1) is 23.1. The van der Waals surface area contributed by atoms with E-state index < -0.39 is 5.91 Å². The molecule has 0 fully saturated rings. The van der Waals surface area contributed by atoms with Crippen LogP contribution in [-0.4, -0.2) is 34.0 Å². The topological polar surface area (TPSA) is 105 Å². The van der Waals surface area contributed by atoms with E-state index in [4.69, 9.17) is 28.1 Å². The summed E-state index contributed by atoms with van der Waals surface area (Å²) < 4.78 is 33.1. The SMILES string of the molecule is COc1cc(C(=O)Nc2oc3c(C)cccc3c(=O)c2-c2ccc3c(c2)OCO3)cc(OC)c1OC. The fraction of sp³-hybridized carbons (Fsp3) is 0.185. The van der Waals surface area contributed by atoms with Crippen LogP contribution < -0.4 is 34.4 Å². The van der Waals surface area contributed by atoms with Crippen LogP contribution in [0.5, 0.6) is 28.7 Å². The zero-order chi connectivity index (χ0) is 25.4. The quantitative estimate of drug-likeness (QED) is 0.413. The molecular formula is C27H23NO8. The molecule has 0 radical (unpaired) electrons. The molecule has 0 unspecified atom stereocenters. The van der Waals surface area contributed by atoms with E-state index >= 15 is 0 Å². The lowest BCUT2D eigenvalue weighted by atomic mass is 10.0. The molecule has 36 heavy (non-hydrogen) atoms. The van der Waals surface area contributed by atoms with Gasteiger partial charge in [-0.2, -0.15) is 0 Å². The Kier molecular flexibility index (Phi) is 5.89. The number of aryl methyl sites for hydroxylation is 1. The van der Waals surface area contributed by atoms with Crippen LogP contribution in [0.2, 0.25) is 0 Å². The zero-order valence-corrected chi connectivity index (χ0v) is 20.1. The van der Waals surface area contributed by atoms with E-state index in [1.807, 2.05) is 13.0 Å². The highest BCUT2D eigenvalue weighted by Gasteiger charge is 2.24. The number of benzene rings is 3. The molecule has 184 valence electrons. The summed E-state index contributed by atoms with van der Waals surface area (Å²) in [6.07, 6.45) is 0. The van der Waals surface area contributed by atoms with Crippen LogP contribution >= 0.6 is 0 Å². The van der Waals surface area contributed by atoms with E-state index in [1.165, 1.54) is 33.5 Å². The predicted molar refractivity (Wildman–Crippen MR) is 133 cm³/mol. The van der Waals surface area contributed by atoms with Crippen molar-refractivity contribution in [3.05, 3.63) is 69.9 Å². The Morgan fingerprint density at radius 3 is 2.33 bits per heavy atom. The Balaban J connectivity index is 1.66. The molecule has 0 atom stereocenters. The second kappa shape index (κ2) is 9.18. The Hall–Kier alpha value is -4.66. The highest BCUT2D eigenvalue weighted by atomic mass is 16.7. The van der Waals surface area contributed by atoms with Crippen molar-refractivity contribution >= 4 is 22.8 Å². The minimum absolute atomic E-state index is 0.000540. The number of rotatable bonds is 6. The third kappa shape index (κ3) is 3.84. The fourth-order valence-corrected chi connectivity index (χ4v) is 4.15. The summed E-state index contributed by atoms with van der Waals surface area (Å²) in [7, 11) is 4.40. The molecule has 0 bridgehead atoms. The maximum absolute atomic E-state index is 13.7. The molecule has 1 N–H and O–H groups in total. The number of ether oxygens (including phenoxy) is 5. The van der Waals surface area contributed by atoms with Crippen molar-refractivity contribution in [3.63, 3.8) is 0 Å². The molecule has 9 nitrogen and oxygen atoms in total. The third-order valence-corrected chi connectivity index (χ3v) is 5.93. The molecule has 5 rings (SSSR count). The normalized spacial score (nSPS) is 11.9. The van der Waals surface area contributed by atoms with Crippen LogP contribution in [0.1, 0.15) is 15.9 Å². The van der Waals surface area contributed by atoms with Crippen LogP contribution in [0, 0.1) is 6.92 Å². The number of amides is 1. The number of hydrogen-bond donors (Lipinski definition) is 1. The first-order valence-electron chi connectivity index (χ1n) is 11.0. The fourth-order valence-electron chi connectivity index (χ4n) is 4.15. The van der Waals surface area contributed by atoms with E-state index in [2.05, 4.69) is 5.32 Å². The Bertz CT molecular complexity index is 1530. The van der Waals surface area contributed by atoms with Crippen LogP contribution in [0.25, 0.3) is 22.1 Å². The van der Waals surface area contributed by atoms with Crippen molar-refractivity contribution in [2.45, 2.75) is 6.92 Å². The van der Waals surface area contributed by atoms with Crippen molar-refractivity contribution in [2.75, 3.05) is 33.4 Å². The van der Waals surface area contributed by atoms with Crippen LogP contribution in [-0.2, 0) is 0 Å². The average Bonchev–Trinajstić information content (AvgIpc) is 3.36. The summed E-state index contributed by atoms with van der Waals surface area (Å²) >= 11 is 0. The highest BCUT2D eigenvalue weighted by molar-refractivity contribution is 6.06. The summed E-state index contributed by atoms with van der Waals surface area (Å²) in [6.45, 7) is 1.92. The van der Waals surface area contributed by atoms with Gasteiger partial charge < -0.3 is 28.1 Å². The van der Waals surface area contributed by atoms with E-state index in [0.29, 0.717) is 45.3 Å². The van der Waals surface area contributed by atoms with Gasteiger partial charge in [0.05, 0.1) is 32.3 Å². The van der Waals surface area contributed by atoms with Gasteiger partial charge in [-0.1, -0.05) is 18.2 Å². The molecule has 1 aliphatic heterocycles. The molecule has 2 heterocycles. The van der Waals surface area contributed by atoms with E-state index in [9.17, 15) is 9.59 Å². The van der Waals surface area contributed by atoms with Gasteiger partial charge in [-0.15, -0.1) is 0 Å². The number of para-hydroxylation sites is 1. The summed E-state index contributed by atoms with van der Waals surface area (Å²) in [5.74, 6) is 1.51. The van der Waals surface area contributed by atoms with Gasteiger partial charge in [0.1, 0.15) is 5.58 Å². The second-order valence-corrected chi connectivity index (χ2v) is 8.02. The number of anilines is 1. The van der Waals surface area contributed by atoms with Gasteiger partial charge in [-0.25, -0.2) is 0 Å². The van der Waals surface area contributed by atoms with Crippen LogP contribution in [0.4, 0.5) is 5.88 Å². The zero-order valence-electron chi connectivity index (χ0n) is 20.1. The maximum Gasteiger partial charge on any atom is 0.258 e. The molecule has 1 aromatic heterocycles. The molecule has 1 amide bonds. The van der Waals surface area contributed by atoms with Crippen molar-refractivity contribution < 1.29 is 32.9 Å². The molecule has 4 aromatic rings. The summed E-state index contributed by atoms with van der Waals surface area (Å²) in [5, 5.41) is 3.16. The van der Waals surface area contributed by atoms with Crippen molar-refractivity contribution in [1.29, 1.82) is 0 Å². The summed E-state index contributed by atoms with van der Waals surface area (Å²) in [4.78, 5) is 27.0.